The minimum absolute atomic E-state index is 0.328. The van der Waals surface area contributed by atoms with Crippen LogP contribution in [-0.2, 0) is 21.3 Å². The van der Waals surface area contributed by atoms with Crippen LogP contribution in [0.3, 0.4) is 0 Å². The number of furan rings is 1. The molecule has 1 aliphatic rings. The predicted octanol–water partition coefficient (Wildman–Crippen LogP) is 3.37. The van der Waals surface area contributed by atoms with Gasteiger partial charge in [0.15, 0.2) is 5.82 Å². The van der Waals surface area contributed by atoms with Gasteiger partial charge in [0.1, 0.15) is 23.6 Å². The van der Waals surface area contributed by atoms with Crippen LogP contribution in [0, 0.1) is 13.8 Å². The number of carbonyl (C=O) groups excluding carboxylic acids is 3. The van der Waals surface area contributed by atoms with Crippen LogP contribution < -0.4 is 10.6 Å². The van der Waals surface area contributed by atoms with E-state index in [1.807, 2.05) is 0 Å². The van der Waals surface area contributed by atoms with E-state index in [0.717, 1.165) is 0 Å². The summed E-state index contributed by atoms with van der Waals surface area (Å²) in [6.45, 7) is 4.12. The van der Waals surface area contributed by atoms with Gasteiger partial charge in [0.2, 0.25) is 5.91 Å². The van der Waals surface area contributed by atoms with Crippen LogP contribution in [0.25, 0.3) is 0 Å². The first-order valence-electron chi connectivity index (χ1n) is 8.57. The molecule has 30 heavy (non-hydrogen) atoms. The van der Waals surface area contributed by atoms with Crippen LogP contribution in [0.1, 0.15) is 29.6 Å². The number of halogens is 4. The van der Waals surface area contributed by atoms with E-state index < -0.39 is 46.7 Å². The van der Waals surface area contributed by atoms with Crippen molar-refractivity contribution in [3.8, 4) is 0 Å². The molecule has 160 valence electrons. The van der Waals surface area contributed by atoms with Crippen molar-refractivity contribution in [2.24, 2.45) is 0 Å². The summed E-state index contributed by atoms with van der Waals surface area (Å²) in [6, 6.07) is 1.42. The lowest BCUT2D eigenvalue weighted by atomic mass is 9.92. The second kappa shape index (κ2) is 7.31. The molecule has 12 heteroatoms. The van der Waals surface area contributed by atoms with Crippen molar-refractivity contribution >= 4 is 35.3 Å². The highest BCUT2D eigenvalue weighted by Crippen LogP contribution is 2.34. The molecule has 4 amide bonds. The molecule has 2 aromatic heterocycles. The molecule has 3 rings (SSSR count). The number of aromatic nitrogens is 1. The molecule has 1 unspecified atom stereocenters. The van der Waals surface area contributed by atoms with Gasteiger partial charge in [-0.05, 0) is 32.9 Å². The summed E-state index contributed by atoms with van der Waals surface area (Å²) >= 11 is 5.75. The minimum atomic E-state index is -4.65. The molecule has 3 heterocycles. The zero-order valence-electron chi connectivity index (χ0n) is 16.0. The fraction of sp³-hybridized carbons (Fsp3) is 0.333. The number of carbonyl (C=O) groups is 3. The Bertz CT molecular complexity index is 1050. The van der Waals surface area contributed by atoms with Crippen LogP contribution in [-0.4, -0.2) is 34.3 Å². The number of imide groups is 1. The van der Waals surface area contributed by atoms with Gasteiger partial charge < -0.3 is 15.1 Å². The zero-order valence-corrected chi connectivity index (χ0v) is 16.7. The summed E-state index contributed by atoms with van der Waals surface area (Å²) in [7, 11) is 0. The number of amides is 4. The van der Waals surface area contributed by atoms with Crippen LogP contribution >= 0.6 is 11.6 Å². The second-order valence-corrected chi connectivity index (χ2v) is 7.28. The number of hydrogen-bond donors (Lipinski definition) is 2. The van der Waals surface area contributed by atoms with Gasteiger partial charge in [-0.25, -0.2) is 9.78 Å². The SMILES string of the molecule is Cc1cc(C2(C)NC(=O)N(CC(=O)Nc3ncc(C(F)(F)F)cc3Cl)C2=O)c(C)o1. The van der Waals surface area contributed by atoms with Crippen LogP contribution in [0.2, 0.25) is 5.02 Å². The monoisotopic (exact) mass is 444 g/mol. The van der Waals surface area contributed by atoms with Crippen molar-refractivity contribution in [2.45, 2.75) is 32.5 Å². The highest BCUT2D eigenvalue weighted by Gasteiger charge is 2.51. The van der Waals surface area contributed by atoms with Crippen LogP contribution in [0.4, 0.5) is 23.8 Å². The third kappa shape index (κ3) is 3.84. The number of aryl methyl sites for hydroxylation is 2. The average Bonchev–Trinajstić information content (AvgIpc) is 3.07. The molecule has 0 radical (unpaired) electrons. The molecule has 1 aliphatic heterocycles. The van der Waals surface area contributed by atoms with E-state index >= 15 is 0 Å². The molecule has 0 aliphatic carbocycles. The van der Waals surface area contributed by atoms with Crippen molar-refractivity contribution < 1.29 is 32.0 Å². The summed E-state index contributed by atoms with van der Waals surface area (Å²) in [6.07, 6.45) is -4.14. The molecule has 2 aromatic rings. The van der Waals surface area contributed by atoms with E-state index in [0.29, 0.717) is 34.2 Å². The number of hydrogen-bond acceptors (Lipinski definition) is 5. The lowest BCUT2D eigenvalue weighted by Gasteiger charge is -2.21. The molecule has 0 saturated carbocycles. The smallest absolute Gasteiger partial charge is 0.417 e. The third-order valence-corrected chi connectivity index (χ3v) is 4.87. The third-order valence-electron chi connectivity index (χ3n) is 4.58. The number of alkyl halides is 3. The van der Waals surface area contributed by atoms with Crippen molar-refractivity contribution in [1.29, 1.82) is 0 Å². The Balaban J connectivity index is 1.75. The quantitative estimate of drug-likeness (QED) is 0.703. The number of nitrogens with zero attached hydrogens (tertiary/aromatic N) is 2. The molecule has 2 N–H and O–H groups in total. The Morgan fingerprint density at radius 3 is 2.53 bits per heavy atom. The first-order valence-corrected chi connectivity index (χ1v) is 8.95. The van der Waals surface area contributed by atoms with Gasteiger partial charge in [0.25, 0.3) is 5.91 Å². The Labute approximate surface area is 173 Å². The number of urea groups is 1. The van der Waals surface area contributed by atoms with E-state index in [2.05, 4.69) is 15.6 Å². The maximum absolute atomic E-state index is 12.9. The van der Waals surface area contributed by atoms with E-state index in [9.17, 15) is 27.6 Å². The average molecular weight is 445 g/mol. The lowest BCUT2D eigenvalue weighted by molar-refractivity contribution is -0.137. The van der Waals surface area contributed by atoms with Crippen molar-refractivity contribution in [3.05, 3.63) is 46.0 Å². The van der Waals surface area contributed by atoms with Gasteiger partial charge >= 0.3 is 12.2 Å². The summed E-state index contributed by atoms with van der Waals surface area (Å²) in [5.41, 5.74) is -2.06. The molecule has 1 fully saturated rings. The van der Waals surface area contributed by atoms with Crippen molar-refractivity contribution in [2.75, 3.05) is 11.9 Å². The topological polar surface area (TPSA) is 105 Å². The van der Waals surface area contributed by atoms with Gasteiger partial charge in [-0.2, -0.15) is 13.2 Å². The Morgan fingerprint density at radius 1 is 1.33 bits per heavy atom. The summed E-state index contributed by atoms with van der Waals surface area (Å²) in [5.74, 6) is -0.888. The zero-order chi connectivity index (χ0) is 22.4. The molecule has 0 aromatic carbocycles. The highest BCUT2D eigenvalue weighted by atomic mass is 35.5. The molecule has 0 bridgehead atoms. The number of rotatable bonds is 4. The van der Waals surface area contributed by atoms with Crippen LogP contribution in [0.15, 0.2) is 22.7 Å². The normalized spacial score (nSPS) is 19.2. The second-order valence-electron chi connectivity index (χ2n) is 6.87. The summed E-state index contributed by atoms with van der Waals surface area (Å²) in [4.78, 5) is 41.6. The maximum Gasteiger partial charge on any atom is 0.417 e. The molecular formula is C18H16ClF3N4O4. The fourth-order valence-electron chi connectivity index (χ4n) is 3.15. The molecule has 8 nitrogen and oxygen atoms in total. The first kappa shape index (κ1) is 21.6. The van der Waals surface area contributed by atoms with Crippen molar-refractivity contribution in [3.63, 3.8) is 0 Å². The molecule has 0 spiro atoms. The molecule has 1 saturated heterocycles. The first-order chi connectivity index (χ1) is 13.8. The number of nitrogens with one attached hydrogen (secondary N) is 2. The Morgan fingerprint density at radius 2 is 2.00 bits per heavy atom. The number of anilines is 1. The van der Waals surface area contributed by atoms with Gasteiger partial charge in [-0.3, -0.25) is 14.5 Å². The van der Waals surface area contributed by atoms with E-state index in [-0.39, 0.29) is 5.82 Å². The summed E-state index contributed by atoms with van der Waals surface area (Å²) < 4.78 is 43.5. The maximum atomic E-state index is 12.9. The van der Waals surface area contributed by atoms with E-state index in [1.54, 1.807) is 19.9 Å². The molecular weight excluding hydrogens is 429 g/mol. The van der Waals surface area contributed by atoms with Gasteiger partial charge in [0.05, 0.1) is 10.6 Å². The highest BCUT2D eigenvalue weighted by molar-refractivity contribution is 6.33. The van der Waals surface area contributed by atoms with Gasteiger partial charge in [0, 0.05) is 11.8 Å². The van der Waals surface area contributed by atoms with Crippen LogP contribution in [0.5, 0.6) is 0 Å². The van der Waals surface area contributed by atoms with Crippen molar-refractivity contribution in [1.82, 2.24) is 15.2 Å². The van der Waals surface area contributed by atoms with Gasteiger partial charge in [-0.15, -0.1) is 0 Å². The van der Waals surface area contributed by atoms with E-state index in [1.165, 1.54) is 6.92 Å². The lowest BCUT2D eigenvalue weighted by Crippen LogP contribution is -2.42. The standard InChI is InChI=1S/C18H16ClF3N4O4/c1-8-4-11(9(2)30-8)17(3)15(28)26(16(29)25-17)7-13(27)24-14-12(19)5-10(6-23-14)18(20,21)22/h4-6H,7H2,1-3H3,(H,25,29)(H,23,24,27). The Kier molecular flexibility index (Phi) is 5.27. The fourth-order valence-corrected chi connectivity index (χ4v) is 3.36. The number of pyridine rings is 1. The van der Waals surface area contributed by atoms with E-state index in [4.69, 9.17) is 16.0 Å². The minimum Gasteiger partial charge on any atom is -0.466 e. The predicted molar refractivity (Wildman–Crippen MR) is 98.7 cm³/mol. The molecule has 1 atom stereocenters. The largest absolute Gasteiger partial charge is 0.466 e. The van der Waals surface area contributed by atoms with Gasteiger partial charge in [-0.1, -0.05) is 11.6 Å². The Hall–Kier alpha value is -3.08. The summed E-state index contributed by atoms with van der Waals surface area (Å²) in [5, 5.41) is 4.29.